The summed E-state index contributed by atoms with van der Waals surface area (Å²) < 4.78 is 12.0. The second-order valence-corrected chi connectivity index (χ2v) is 5.43. The molecule has 1 aliphatic heterocycles. The Bertz CT molecular complexity index is 532. The number of halogens is 1. The zero-order valence-corrected chi connectivity index (χ0v) is 12.0. The molecule has 0 saturated carbocycles. The number of ether oxygens (including phenoxy) is 2. The third-order valence-electron chi connectivity index (χ3n) is 2.88. The van der Waals surface area contributed by atoms with E-state index in [2.05, 4.69) is 59.0 Å². The molecule has 0 aromatic heterocycles. The van der Waals surface area contributed by atoms with Crippen molar-refractivity contribution >= 4 is 22.6 Å². The smallest absolute Gasteiger partial charge is 0.119 e. The van der Waals surface area contributed by atoms with E-state index in [-0.39, 0.29) is 0 Å². The van der Waals surface area contributed by atoms with Crippen molar-refractivity contribution in [1.29, 1.82) is 0 Å². The van der Waals surface area contributed by atoms with Crippen molar-refractivity contribution < 1.29 is 9.47 Å². The molecule has 2 aromatic carbocycles. The van der Waals surface area contributed by atoms with Crippen LogP contribution in [-0.4, -0.2) is 19.3 Å². The number of epoxide rings is 1. The van der Waals surface area contributed by atoms with Gasteiger partial charge in [-0.3, -0.25) is 0 Å². The summed E-state index contributed by atoms with van der Waals surface area (Å²) in [5, 5.41) is 0. The van der Waals surface area contributed by atoms with Crippen LogP contribution in [0.1, 0.15) is 0 Å². The summed E-state index contributed by atoms with van der Waals surface area (Å²) in [7, 11) is 0. The van der Waals surface area contributed by atoms with Crippen LogP contribution in [0.25, 0.3) is 11.1 Å². The van der Waals surface area contributed by atoms with Crippen molar-refractivity contribution in [1.82, 2.24) is 0 Å². The highest BCUT2D eigenvalue weighted by atomic mass is 127. The molecular formula is C15H13IO2. The molecule has 1 atom stereocenters. The van der Waals surface area contributed by atoms with Crippen LogP contribution in [0.3, 0.4) is 0 Å². The third-order valence-corrected chi connectivity index (χ3v) is 3.82. The summed E-state index contributed by atoms with van der Waals surface area (Å²) in [6, 6.07) is 16.6. The van der Waals surface area contributed by atoms with Crippen LogP contribution in [0.2, 0.25) is 0 Å². The van der Waals surface area contributed by atoms with Crippen LogP contribution in [0, 0.1) is 3.57 Å². The quantitative estimate of drug-likeness (QED) is 0.618. The van der Waals surface area contributed by atoms with E-state index in [1.807, 2.05) is 12.1 Å². The summed E-state index contributed by atoms with van der Waals surface area (Å²) in [6.45, 7) is 1.49. The lowest BCUT2D eigenvalue weighted by Gasteiger charge is -2.07. The minimum atomic E-state index is 0.305. The van der Waals surface area contributed by atoms with E-state index >= 15 is 0 Å². The van der Waals surface area contributed by atoms with Crippen molar-refractivity contribution in [3.05, 3.63) is 52.1 Å². The summed E-state index contributed by atoms with van der Waals surface area (Å²) in [5.41, 5.74) is 2.48. The first-order chi connectivity index (χ1) is 8.83. The van der Waals surface area contributed by atoms with Crippen LogP contribution >= 0.6 is 22.6 Å². The maximum atomic E-state index is 5.62. The molecule has 92 valence electrons. The summed E-state index contributed by atoms with van der Waals surface area (Å²) >= 11 is 2.36. The largest absolute Gasteiger partial charge is 0.491 e. The van der Waals surface area contributed by atoms with Gasteiger partial charge in [0.1, 0.15) is 18.5 Å². The second kappa shape index (κ2) is 5.28. The first-order valence-electron chi connectivity index (χ1n) is 5.92. The molecule has 0 spiro atoms. The van der Waals surface area contributed by atoms with Gasteiger partial charge < -0.3 is 9.47 Å². The Morgan fingerprint density at radius 1 is 1.11 bits per heavy atom. The molecule has 1 unspecified atom stereocenters. The fourth-order valence-electron chi connectivity index (χ4n) is 1.78. The Balaban J connectivity index is 1.75. The van der Waals surface area contributed by atoms with E-state index in [9.17, 15) is 0 Å². The summed E-state index contributed by atoms with van der Waals surface area (Å²) in [5.74, 6) is 0.903. The Morgan fingerprint density at radius 3 is 2.50 bits per heavy atom. The number of hydrogen-bond donors (Lipinski definition) is 0. The van der Waals surface area contributed by atoms with Gasteiger partial charge >= 0.3 is 0 Å². The maximum Gasteiger partial charge on any atom is 0.119 e. The maximum absolute atomic E-state index is 5.62. The van der Waals surface area contributed by atoms with Gasteiger partial charge in [-0.25, -0.2) is 0 Å². The molecule has 2 aromatic rings. The lowest BCUT2D eigenvalue weighted by molar-refractivity contribution is 0.263. The van der Waals surface area contributed by atoms with Crippen LogP contribution in [0.15, 0.2) is 48.5 Å². The first-order valence-corrected chi connectivity index (χ1v) is 7.00. The number of hydrogen-bond acceptors (Lipinski definition) is 2. The SMILES string of the molecule is Ic1ccccc1-c1ccc(OCC2CO2)cc1. The molecule has 0 bridgehead atoms. The minimum absolute atomic E-state index is 0.305. The van der Waals surface area contributed by atoms with Gasteiger partial charge in [0.25, 0.3) is 0 Å². The van der Waals surface area contributed by atoms with E-state index in [0.29, 0.717) is 12.7 Å². The predicted octanol–water partition coefficient (Wildman–Crippen LogP) is 3.74. The highest BCUT2D eigenvalue weighted by Gasteiger charge is 2.22. The molecule has 1 saturated heterocycles. The zero-order chi connectivity index (χ0) is 12.4. The topological polar surface area (TPSA) is 21.8 Å². The van der Waals surface area contributed by atoms with Crippen molar-refractivity contribution in [2.24, 2.45) is 0 Å². The monoisotopic (exact) mass is 352 g/mol. The van der Waals surface area contributed by atoms with Gasteiger partial charge in [0, 0.05) is 3.57 Å². The third kappa shape index (κ3) is 2.84. The molecule has 1 aliphatic rings. The van der Waals surface area contributed by atoms with Crippen LogP contribution in [0.5, 0.6) is 5.75 Å². The Hall–Kier alpha value is -1.07. The van der Waals surface area contributed by atoms with Crippen LogP contribution < -0.4 is 4.74 Å². The van der Waals surface area contributed by atoms with Crippen molar-refractivity contribution in [2.75, 3.05) is 13.2 Å². The molecule has 3 heteroatoms. The Kier molecular flexibility index (Phi) is 3.52. The molecule has 0 radical (unpaired) electrons. The van der Waals surface area contributed by atoms with Gasteiger partial charge in [0.05, 0.1) is 6.61 Å². The standard InChI is InChI=1S/C15H13IO2/c16-15-4-2-1-3-14(15)11-5-7-12(8-6-11)17-9-13-10-18-13/h1-8,13H,9-10H2. The molecule has 0 amide bonds. The van der Waals surface area contributed by atoms with Crippen molar-refractivity contribution in [3.63, 3.8) is 0 Å². The average molecular weight is 352 g/mol. The predicted molar refractivity (Wildman–Crippen MR) is 79.8 cm³/mol. The average Bonchev–Trinajstić information content (AvgIpc) is 3.22. The second-order valence-electron chi connectivity index (χ2n) is 4.27. The lowest BCUT2D eigenvalue weighted by atomic mass is 10.1. The van der Waals surface area contributed by atoms with E-state index in [1.54, 1.807) is 0 Å². The van der Waals surface area contributed by atoms with E-state index in [0.717, 1.165) is 12.4 Å². The Morgan fingerprint density at radius 2 is 1.83 bits per heavy atom. The highest BCUT2D eigenvalue weighted by molar-refractivity contribution is 14.1. The zero-order valence-electron chi connectivity index (χ0n) is 9.80. The fourth-order valence-corrected chi connectivity index (χ4v) is 2.48. The van der Waals surface area contributed by atoms with E-state index < -0.39 is 0 Å². The summed E-state index contributed by atoms with van der Waals surface area (Å²) in [4.78, 5) is 0. The molecule has 0 aliphatic carbocycles. The number of rotatable bonds is 4. The molecule has 1 heterocycles. The lowest BCUT2D eigenvalue weighted by Crippen LogP contribution is -2.03. The van der Waals surface area contributed by atoms with E-state index in [1.165, 1.54) is 14.7 Å². The molecule has 1 fully saturated rings. The van der Waals surface area contributed by atoms with Gasteiger partial charge in [-0.1, -0.05) is 30.3 Å². The van der Waals surface area contributed by atoms with Gasteiger partial charge in [-0.15, -0.1) is 0 Å². The van der Waals surface area contributed by atoms with Crippen molar-refractivity contribution in [3.8, 4) is 16.9 Å². The van der Waals surface area contributed by atoms with Crippen LogP contribution in [0.4, 0.5) is 0 Å². The van der Waals surface area contributed by atoms with Gasteiger partial charge in [-0.2, -0.15) is 0 Å². The Labute approximate surface area is 120 Å². The highest BCUT2D eigenvalue weighted by Crippen LogP contribution is 2.26. The molecule has 0 N–H and O–H groups in total. The van der Waals surface area contributed by atoms with Gasteiger partial charge in [0.15, 0.2) is 0 Å². The molecular weight excluding hydrogens is 339 g/mol. The normalized spacial score (nSPS) is 17.5. The summed E-state index contributed by atoms with van der Waals surface area (Å²) in [6.07, 6.45) is 0.305. The number of benzene rings is 2. The van der Waals surface area contributed by atoms with E-state index in [4.69, 9.17) is 9.47 Å². The molecule has 2 nitrogen and oxygen atoms in total. The molecule has 3 rings (SSSR count). The van der Waals surface area contributed by atoms with Crippen molar-refractivity contribution in [2.45, 2.75) is 6.10 Å². The van der Waals surface area contributed by atoms with Gasteiger partial charge in [-0.05, 0) is 51.9 Å². The molecule has 18 heavy (non-hydrogen) atoms. The van der Waals surface area contributed by atoms with Gasteiger partial charge in [0.2, 0.25) is 0 Å². The first kappa shape index (κ1) is 12.0. The minimum Gasteiger partial charge on any atom is -0.491 e. The van der Waals surface area contributed by atoms with Crippen LogP contribution in [-0.2, 0) is 4.74 Å². The fraction of sp³-hybridized carbons (Fsp3) is 0.200.